The number of hydrogen-bond acceptors (Lipinski definition) is 7. The number of rotatable bonds is 7. The second-order valence-electron chi connectivity index (χ2n) is 6.76. The van der Waals surface area contributed by atoms with Gasteiger partial charge in [0, 0.05) is 19.5 Å². The molecule has 2 amide bonds. The minimum absolute atomic E-state index is 0.0203. The summed E-state index contributed by atoms with van der Waals surface area (Å²) in [6.07, 6.45) is 2.76. The Morgan fingerprint density at radius 3 is 2.72 bits per heavy atom. The third kappa shape index (κ3) is 4.50. The number of likely N-dealkylation sites (tertiary alicyclic amines) is 1. The van der Waals surface area contributed by atoms with Crippen molar-refractivity contribution in [1.82, 2.24) is 14.5 Å². The minimum atomic E-state index is -0.513. The molecule has 2 aromatic rings. The summed E-state index contributed by atoms with van der Waals surface area (Å²) in [6.45, 7) is 2.95. The van der Waals surface area contributed by atoms with Gasteiger partial charge in [0.15, 0.2) is 5.16 Å². The molecule has 8 nitrogen and oxygen atoms in total. The van der Waals surface area contributed by atoms with Crippen LogP contribution in [0.1, 0.15) is 43.0 Å². The van der Waals surface area contributed by atoms with E-state index in [9.17, 15) is 19.2 Å². The highest BCUT2D eigenvalue weighted by atomic mass is 32.2. The maximum Gasteiger partial charge on any atom is 0.337 e. The summed E-state index contributed by atoms with van der Waals surface area (Å²) in [5, 5.41) is 0.803. The molecule has 3 rings (SSSR count). The van der Waals surface area contributed by atoms with Crippen LogP contribution in [0.3, 0.4) is 0 Å². The van der Waals surface area contributed by atoms with Gasteiger partial charge in [0.1, 0.15) is 0 Å². The van der Waals surface area contributed by atoms with E-state index in [1.807, 2.05) is 6.92 Å². The summed E-state index contributed by atoms with van der Waals surface area (Å²) in [7, 11) is 1.29. The Morgan fingerprint density at radius 2 is 2.07 bits per heavy atom. The number of hydrogen-bond donors (Lipinski definition) is 0. The fourth-order valence-corrected chi connectivity index (χ4v) is 4.09. The van der Waals surface area contributed by atoms with Gasteiger partial charge in [0.25, 0.3) is 5.56 Å². The zero-order valence-corrected chi connectivity index (χ0v) is 17.3. The number of nitrogens with zero attached hydrogens (tertiary/aromatic N) is 3. The standard InChI is InChI=1S/C20H23N3O5S/c1-3-4-9-23-18(26)14-8-7-13(19(27)28-2)11-15(14)21-20(23)29-12-17(25)22-10-5-6-16(22)24/h7-8,11H,3-6,9-10,12H2,1-2H3. The SMILES string of the molecule is CCCCn1c(SCC(=O)N2CCCC2=O)nc2cc(C(=O)OC)ccc2c1=O. The second-order valence-corrected chi connectivity index (χ2v) is 7.70. The van der Waals surface area contributed by atoms with E-state index in [0.29, 0.717) is 47.6 Å². The Bertz CT molecular complexity index is 1020. The molecule has 0 radical (unpaired) electrons. The molecule has 0 N–H and O–H groups in total. The highest BCUT2D eigenvalue weighted by Gasteiger charge is 2.26. The van der Waals surface area contributed by atoms with Crippen molar-refractivity contribution in [2.45, 2.75) is 44.3 Å². The van der Waals surface area contributed by atoms with Gasteiger partial charge >= 0.3 is 5.97 Å². The van der Waals surface area contributed by atoms with Crippen molar-refractivity contribution < 1.29 is 19.1 Å². The summed E-state index contributed by atoms with van der Waals surface area (Å²) in [5.41, 5.74) is 0.456. The quantitative estimate of drug-likeness (QED) is 0.387. The third-order valence-corrected chi connectivity index (χ3v) is 5.74. The first-order chi connectivity index (χ1) is 14.0. The number of methoxy groups -OCH3 is 1. The van der Waals surface area contributed by atoms with Crippen LogP contribution in [0.2, 0.25) is 0 Å². The van der Waals surface area contributed by atoms with E-state index in [4.69, 9.17) is 4.74 Å². The maximum atomic E-state index is 13.0. The van der Waals surface area contributed by atoms with Crippen LogP contribution in [-0.4, -0.2) is 51.6 Å². The van der Waals surface area contributed by atoms with E-state index in [1.54, 1.807) is 10.6 Å². The van der Waals surface area contributed by atoms with E-state index < -0.39 is 5.97 Å². The first-order valence-corrected chi connectivity index (χ1v) is 10.5. The second kappa shape index (κ2) is 9.21. The van der Waals surface area contributed by atoms with Crippen molar-refractivity contribution in [2.75, 3.05) is 19.4 Å². The molecule has 1 aromatic carbocycles. The van der Waals surface area contributed by atoms with Crippen LogP contribution >= 0.6 is 11.8 Å². The van der Waals surface area contributed by atoms with Crippen LogP contribution in [-0.2, 0) is 20.9 Å². The molecule has 154 valence electrons. The number of imide groups is 1. The maximum absolute atomic E-state index is 13.0. The Morgan fingerprint density at radius 1 is 1.28 bits per heavy atom. The van der Waals surface area contributed by atoms with Crippen LogP contribution in [0, 0.1) is 0 Å². The average molecular weight is 417 g/mol. The van der Waals surface area contributed by atoms with Gasteiger partial charge in [-0.1, -0.05) is 25.1 Å². The van der Waals surface area contributed by atoms with Gasteiger partial charge in [-0.15, -0.1) is 0 Å². The van der Waals surface area contributed by atoms with Crippen molar-refractivity contribution in [1.29, 1.82) is 0 Å². The van der Waals surface area contributed by atoms with Crippen LogP contribution in [0.5, 0.6) is 0 Å². The van der Waals surface area contributed by atoms with Crippen molar-refractivity contribution in [2.24, 2.45) is 0 Å². The van der Waals surface area contributed by atoms with Crippen LogP contribution in [0.15, 0.2) is 28.2 Å². The lowest BCUT2D eigenvalue weighted by Crippen LogP contribution is -2.33. The molecular weight excluding hydrogens is 394 g/mol. The molecule has 0 saturated carbocycles. The van der Waals surface area contributed by atoms with Crippen LogP contribution < -0.4 is 5.56 Å². The number of esters is 1. The van der Waals surface area contributed by atoms with E-state index in [1.165, 1.54) is 24.1 Å². The lowest BCUT2D eigenvalue weighted by Gasteiger charge is -2.15. The van der Waals surface area contributed by atoms with Crippen molar-refractivity contribution >= 4 is 40.4 Å². The summed E-state index contributed by atoms with van der Waals surface area (Å²) >= 11 is 1.14. The first-order valence-electron chi connectivity index (χ1n) is 9.55. The van der Waals surface area contributed by atoms with Gasteiger partial charge in [-0.3, -0.25) is 23.9 Å². The van der Waals surface area contributed by atoms with Crippen LogP contribution in [0.4, 0.5) is 0 Å². The predicted octanol–water partition coefficient (Wildman–Crippen LogP) is 2.22. The fourth-order valence-electron chi connectivity index (χ4n) is 3.19. The van der Waals surface area contributed by atoms with E-state index in [0.717, 1.165) is 24.6 Å². The number of ether oxygens (including phenoxy) is 1. The van der Waals surface area contributed by atoms with E-state index in [-0.39, 0.29) is 23.1 Å². The minimum Gasteiger partial charge on any atom is -0.465 e. The van der Waals surface area contributed by atoms with Gasteiger partial charge in [-0.05, 0) is 31.0 Å². The molecule has 2 heterocycles. The monoisotopic (exact) mass is 417 g/mol. The van der Waals surface area contributed by atoms with E-state index in [2.05, 4.69) is 4.98 Å². The van der Waals surface area contributed by atoms with Crippen molar-refractivity contribution in [3.05, 3.63) is 34.1 Å². The highest BCUT2D eigenvalue weighted by molar-refractivity contribution is 7.99. The highest BCUT2D eigenvalue weighted by Crippen LogP contribution is 2.21. The molecule has 1 fully saturated rings. The Balaban J connectivity index is 1.95. The van der Waals surface area contributed by atoms with Gasteiger partial charge in [-0.2, -0.15) is 0 Å². The van der Waals surface area contributed by atoms with Crippen molar-refractivity contribution in [3.63, 3.8) is 0 Å². The molecule has 1 aliphatic heterocycles. The largest absolute Gasteiger partial charge is 0.465 e. The van der Waals surface area contributed by atoms with Gasteiger partial charge in [-0.25, -0.2) is 9.78 Å². The number of benzene rings is 1. The van der Waals surface area contributed by atoms with Gasteiger partial charge < -0.3 is 4.74 Å². The first kappa shape index (κ1) is 21.0. The number of amides is 2. The molecule has 1 saturated heterocycles. The number of carbonyl (C=O) groups is 3. The smallest absolute Gasteiger partial charge is 0.337 e. The summed E-state index contributed by atoms with van der Waals surface area (Å²) < 4.78 is 6.29. The van der Waals surface area contributed by atoms with Crippen molar-refractivity contribution in [3.8, 4) is 0 Å². The molecule has 0 bridgehead atoms. The molecule has 9 heteroatoms. The summed E-state index contributed by atoms with van der Waals surface area (Å²) in [5.74, 6) is -0.932. The zero-order valence-electron chi connectivity index (χ0n) is 16.5. The zero-order chi connectivity index (χ0) is 21.0. The lowest BCUT2D eigenvalue weighted by atomic mass is 10.1. The fraction of sp³-hybridized carbons (Fsp3) is 0.450. The summed E-state index contributed by atoms with van der Waals surface area (Å²) in [4.78, 5) is 54.8. The number of aromatic nitrogens is 2. The van der Waals surface area contributed by atoms with Gasteiger partial charge in [0.2, 0.25) is 11.8 Å². The molecular formula is C20H23N3O5S. The number of fused-ring (bicyclic) bond motifs is 1. The number of unbranched alkanes of at least 4 members (excludes halogenated alkanes) is 1. The molecule has 0 spiro atoms. The molecule has 0 atom stereocenters. The molecule has 1 aliphatic rings. The van der Waals surface area contributed by atoms with Crippen LogP contribution in [0.25, 0.3) is 10.9 Å². The number of carbonyl (C=O) groups excluding carboxylic acids is 3. The Hall–Kier alpha value is -2.68. The predicted molar refractivity (Wildman–Crippen MR) is 109 cm³/mol. The molecule has 0 aliphatic carbocycles. The third-order valence-electron chi connectivity index (χ3n) is 4.78. The summed E-state index contributed by atoms with van der Waals surface area (Å²) in [6, 6.07) is 4.63. The molecule has 1 aromatic heterocycles. The Kier molecular flexibility index (Phi) is 6.68. The van der Waals surface area contributed by atoms with Gasteiger partial charge in [0.05, 0.1) is 29.3 Å². The molecule has 0 unspecified atom stereocenters. The van der Waals surface area contributed by atoms with E-state index >= 15 is 0 Å². The number of thioether (sulfide) groups is 1. The average Bonchev–Trinajstić information content (AvgIpc) is 3.16. The lowest BCUT2D eigenvalue weighted by molar-refractivity contribution is -0.140. The Labute approximate surface area is 172 Å². The normalized spacial score (nSPS) is 13.9. The molecule has 29 heavy (non-hydrogen) atoms. The topological polar surface area (TPSA) is 98.6 Å².